The minimum atomic E-state index is 0.902. The van der Waals surface area contributed by atoms with E-state index < -0.39 is 0 Å². The van der Waals surface area contributed by atoms with Crippen molar-refractivity contribution >= 4 is 29.2 Å². The maximum Gasteiger partial charge on any atom is 0.127 e. The van der Waals surface area contributed by atoms with Crippen molar-refractivity contribution in [3.63, 3.8) is 0 Å². The van der Waals surface area contributed by atoms with E-state index in [1.807, 2.05) is 18.3 Å². The van der Waals surface area contributed by atoms with Crippen LogP contribution < -0.4 is 4.72 Å². The predicted molar refractivity (Wildman–Crippen MR) is 67.3 cm³/mol. The normalized spacial score (nSPS) is 10.3. The van der Waals surface area contributed by atoms with Crippen molar-refractivity contribution in [2.75, 3.05) is 4.72 Å². The van der Waals surface area contributed by atoms with E-state index in [1.165, 1.54) is 0 Å². The molecule has 2 aromatic rings. The third kappa shape index (κ3) is 2.13. The van der Waals surface area contributed by atoms with Crippen LogP contribution in [-0.2, 0) is 6.42 Å². The first-order valence-electron chi connectivity index (χ1n) is 4.65. The first-order chi connectivity index (χ1) is 7.35. The minimum absolute atomic E-state index is 0.902. The van der Waals surface area contributed by atoms with Gasteiger partial charge in [0, 0.05) is 18.0 Å². The predicted octanol–water partition coefficient (Wildman–Crippen LogP) is 3.02. The molecule has 0 unspecified atom stereocenters. The second-order valence-corrected chi connectivity index (χ2v) is 4.22. The smallest absolute Gasteiger partial charge is 0.127 e. The Morgan fingerprint density at radius 1 is 1.53 bits per heavy atom. The van der Waals surface area contributed by atoms with Gasteiger partial charge in [-0.3, -0.25) is 4.98 Å². The first-order valence-corrected chi connectivity index (χ1v) is 5.91. The Kier molecular flexibility index (Phi) is 3.23. The van der Waals surface area contributed by atoms with Crippen molar-refractivity contribution in [3.05, 3.63) is 30.2 Å². The number of hydrogen-bond donors (Lipinski definition) is 2. The van der Waals surface area contributed by atoms with Gasteiger partial charge in [-0.2, -0.15) is 0 Å². The van der Waals surface area contributed by atoms with E-state index >= 15 is 0 Å². The molecule has 0 spiro atoms. The highest BCUT2D eigenvalue weighted by molar-refractivity contribution is 7.82. The van der Waals surface area contributed by atoms with Crippen molar-refractivity contribution in [2.45, 2.75) is 13.3 Å². The molecule has 1 N–H and O–H groups in total. The van der Waals surface area contributed by atoms with Crippen LogP contribution in [-0.4, -0.2) is 9.97 Å². The summed E-state index contributed by atoms with van der Waals surface area (Å²) in [4.78, 5) is 8.62. The van der Waals surface area contributed by atoms with Crippen LogP contribution in [0.25, 0.3) is 10.6 Å². The number of thiazole rings is 1. The standard InChI is InChI=1S/C10H11N3S2/c1-2-8-10(13-14)15-9(12-8)7-4-3-5-11-6-7/h3-6,13-14H,2H2,1H3. The molecule has 15 heavy (non-hydrogen) atoms. The second-order valence-electron chi connectivity index (χ2n) is 3.00. The van der Waals surface area contributed by atoms with Gasteiger partial charge in [-0.05, 0) is 18.6 Å². The summed E-state index contributed by atoms with van der Waals surface area (Å²) in [5.74, 6) is 0. The summed E-state index contributed by atoms with van der Waals surface area (Å²) in [6, 6.07) is 3.92. The molecule has 2 aromatic heterocycles. The van der Waals surface area contributed by atoms with Crippen LogP contribution in [0.1, 0.15) is 12.6 Å². The summed E-state index contributed by atoms with van der Waals surface area (Å²) in [5.41, 5.74) is 2.10. The molecule has 0 aliphatic rings. The molecule has 3 nitrogen and oxygen atoms in total. The molecule has 0 amide bonds. The average molecular weight is 237 g/mol. The topological polar surface area (TPSA) is 37.8 Å². The van der Waals surface area contributed by atoms with Crippen molar-refractivity contribution in [2.24, 2.45) is 0 Å². The maximum absolute atomic E-state index is 4.54. The Balaban J connectivity index is 2.42. The van der Waals surface area contributed by atoms with E-state index in [0.717, 1.165) is 27.7 Å². The Hall–Kier alpha value is -1.07. The summed E-state index contributed by atoms with van der Waals surface area (Å²) in [5, 5.41) is 2.00. The summed E-state index contributed by atoms with van der Waals surface area (Å²) < 4.78 is 2.87. The van der Waals surface area contributed by atoms with Gasteiger partial charge in [0.2, 0.25) is 0 Å². The monoisotopic (exact) mass is 237 g/mol. The van der Waals surface area contributed by atoms with Gasteiger partial charge in [0.05, 0.1) is 5.69 Å². The Bertz CT molecular complexity index is 418. The molecular formula is C10H11N3S2. The van der Waals surface area contributed by atoms with Crippen molar-refractivity contribution in [1.82, 2.24) is 9.97 Å². The van der Waals surface area contributed by atoms with E-state index in [9.17, 15) is 0 Å². The fourth-order valence-corrected chi connectivity index (χ4v) is 2.50. The van der Waals surface area contributed by atoms with Gasteiger partial charge in [0.1, 0.15) is 10.0 Å². The lowest BCUT2D eigenvalue weighted by Crippen LogP contribution is -1.85. The van der Waals surface area contributed by atoms with Gasteiger partial charge < -0.3 is 4.72 Å². The minimum Gasteiger partial charge on any atom is -0.322 e. The van der Waals surface area contributed by atoms with Crippen LogP contribution in [0.15, 0.2) is 24.5 Å². The van der Waals surface area contributed by atoms with E-state index in [1.54, 1.807) is 17.5 Å². The number of aryl methyl sites for hydroxylation is 1. The molecule has 2 rings (SSSR count). The van der Waals surface area contributed by atoms with E-state index in [-0.39, 0.29) is 0 Å². The molecule has 0 aliphatic heterocycles. The summed E-state index contributed by atoms with van der Waals surface area (Å²) in [6.07, 6.45) is 4.48. The third-order valence-electron chi connectivity index (χ3n) is 2.04. The van der Waals surface area contributed by atoms with Crippen LogP contribution in [0.2, 0.25) is 0 Å². The van der Waals surface area contributed by atoms with Gasteiger partial charge in [-0.25, -0.2) is 4.98 Å². The lowest BCUT2D eigenvalue weighted by Gasteiger charge is -1.93. The van der Waals surface area contributed by atoms with Gasteiger partial charge in [0.25, 0.3) is 0 Å². The molecule has 0 saturated heterocycles. The average Bonchev–Trinajstić information content (AvgIpc) is 2.73. The lowest BCUT2D eigenvalue weighted by atomic mass is 10.3. The van der Waals surface area contributed by atoms with Crippen molar-refractivity contribution < 1.29 is 0 Å². The summed E-state index contributed by atoms with van der Waals surface area (Å²) in [6.45, 7) is 2.08. The molecule has 78 valence electrons. The molecule has 0 radical (unpaired) electrons. The van der Waals surface area contributed by atoms with Crippen LogP contribution >= 0.6 is 24.2 Å². The molecular weight excluding hydrogens is 226 g/mol. The zero-order chi connectivity index (χ0) is 10.7. The molecule has 0 aliphatic carbocycles. The zero-order valence-electron chi connectivity index (χ0n) is 8.27. The van der Waals surface area contributed by atoms with Gasteiger partial charge >= 0.3 is 0 Å². The maximum atomic E-state index is 4.54. The lowest BCUT2D eigenvalue weighted by molar-refractivity contribution is 1.07. The number of aromatic nitrogens is 2. The largest absolute Gasteiger partial charge is 0.322 e. The van der Waals surface area contributed by atoms with Gasteiger partial charge in [-0.1, -0.05) is 31.1 Å². The van der Waals surface area contributed by atoms with Gasteiger partial charge in [-0.15, -0.1) is 0 Å². The summed E-state index contributed by atoms with van der Waals surface area (Å²) in [7, 11) is 0. The fourth-order valence-electron chi connectivity index (χ4n) is 1.29. The molecule has 0 fully saturated rings. The molecule has 0 atom stereocenters. The number of anilines is 1. The summed E-state index contributed by atoms with van der Waals surface area (Å²) >= 11 is 5.66. The van der Waals surface area contributed by atoms with Gasteiger partial charge in [0.15, 0.2) is 0 Å². The Morgan fingerprint density at radius 2 is 2.40 bits per heavy atom. The van der Waals surface area contributed by atoms with Crippen LogP contribution in [0, 0.1) is 0 Å². The van der Waals surface area contributed by atoms with E-state index in [0.29, 0.717) is 0 Å². The number of nitrogens with zero attached hydrogens (tertiary/aromatic N) is 2. The SMILES string of the molecule is CCc1nc(-c2cccnc2)sc1NS. The quantitative estimate of drug-likeness (QED) is 0.806. The van der Waals surface area contributed by atoms with Crippen molar-refractivity contribution in [3.8, 4) is 10.6 Å². The fraction of sp³-hybridized carbons (Fsp3) is 0.200. The number of pyridine rings is 1. The van der Waals surface area contributed by atoms with Crippen LogP contribution in [0.3, 0.4) is 0 Å². The molecule has 5 heteroatoms. The van der Waals surface area contributed by atoms with Crippen LogP contribution in [0.5, 0.6) is 0 Å². The number of nitrogens with one attached hydrogen (secondary N) is 1. The Labute approximate surface area is 98.1 Å². The number of thiol groups is 1. The van der Waals surface area contributed by atoms with Crippen LogP contribution in [0.4, 0.5) is 5.00 Å². The highest BCUT2D eigenvalue weighted by Crippen LogP contribution is 2.32. The Morgan fingerprint density at radius 3 is 2.93 bits per heavy atom. The molecule has 0 aromatic carbocycles. The first kappa shape index (κ1) is 10.4. The zero-order valence-corrected chi connectivity index (χ0v) is 9.98. The van der Waals surface area contributed by atoms with Crippen molar-refractivity contribution in [1.29, 1.82) is 0 Å². The highest BCUT2D eigenvalue weighted by atomic mass is 32.1. The second kappa shape index (κ2) is 4.63. The third-order valence-corrected chi connectivity index (χ3v) is 3.48. The van der Waals surface area contributed by atoms with E-state index in [2.05, 4.69) is 34.4 Å². The highest BCUT2D eigenvalue weighted by Gasteiger charge is 2.09. The molecule has 2 heterocycles. The molecule has 0 bridgehead atoms. The number of hydrogen-bond acceptors (Lipinski definition) is 5. The number of rotatable bonds is 3. The molecule has 0 saturated carbocycles. The van der Waals surface area contributed by atoms with E-state index in [4.69, 9.17) is 0 Å².